The lowest BCUT2D eigenvalue weighted by Gasteiger charge is -2.10. The van der Waals surface area contributed by atoms with Crippen LogP contribution in [0.1, 0.15) is 11.4 Å². The molecule has 0 aliphatic heterocycles. The number of hydrogen-bond donors (Lipinski definition) is 1. The molecule has 0 radical (unpaired) electrons. The molecule has 0 aliphatic rings. The number of halogens is 2. The van der Waals surface area contributed by atoms with Crippen molar-refractivity contribution in [2.75, 3.05) is 12.4 Å². The van der Waals surface area contributed by atoms with Crippen molar-refractivity contribution in [3.05, 3.63) is 45.3 Å². The van der Waals surface area contributed by atoms with E-state index in [1.54, 1.807) is 13.2 Å². The van der Waals surface area contributed by atoms with Gasteiger partial charge in [0.25, 0.3) is 0 Å². The molecule has 1 aromatic carbocycles. The van der Waals surface area contributed by atoms with E-state index in [9.17, 15) is 0 Å². The van der Waals surface area contributed by atoms with Gasteiger partial charge in [-0.15, -0.1) is 0 Å². The van der Waals surface area contributed by atoms with Crippen LogP contribution in [0.3, 0.4) is 0 Å². The average molecular weight is 343 g/mol. The normalized spacial score (nSPS) is 10.5. The fraction of sp³-hybridized carbons (Fsp3) is 0.231. The number of nitrogens with zero attached hydrogens (tertiary/aromatic N) is 2. The molecule has 0 atom stereocenters. The van der Waals surface area contributed by atoms with Gasteiger partial charge in [0.1, 0.15) is 17.6 Å². The number of anilines is 2. The summed E-state index contributed by atoms with van der Waals surface area (Å²) < 4.78 is 6.05. The zero-order valence-electron chi connectivity index (χ0n) is 10.6. The Morgan fingerprint density at radius 1 is 1.32 bits per heavy atom. The molecule has 6 heteroatoms. The van der Waals surface area contributed by atoms with Crippen LogP contribution in [-0.2, 0) is 11.3 Å². The van der Waals surface area contributed by atoms with Gasteiger partial charge in [0.2, 0.25) is 0 Å². The third kappa shape index (κ3) is 3.89. The van der Waals surface area contributed by atoms with Gasteiger partial charge in [-0.3, -0.25) is 0 Å². The second-order valence-corrected chi connectivity index (χ2v) is 5.31. The highest BCUT2D eigenvalue weighted by Crippen LogP contribution is 2.24. The predicted octanol–water partition coefficient (Wildman–Crippen LogP) is 4.09. The van der Waals surface area contributed by atoms with Crippen LogP contribution in [0.15, 0.2) is 28.7 Å². The quantitative estimate of drug-likeness (QED) is 0.850. The zero-order chi connectivity index (χ0) is 13.8. The lowest BCUT2D eigenvalue weighted by Crippen LogP contribution is -2.02. The van der Waals surface area contributed by atoms with Crippen molar-refractivity contribution in [3.8, 4) is 0 Å². The maximum Gasteiger partial charge on any atom is 0.158 e. The monoisotopic (exact) mass is 341 g/mol. The molecule has 1 heterocycles. The summed E-state index contributed by atoms with van der Waals surface area (Å²) >= 11 is 9.40. The van der Waals surface area contributed by atoms with E-state index in [2.05, 4.69) is 31.2 Å². The molecule has 0 spiro atoms. The molecule has 100 valence electrons. The number of methoxy groups -OCH3 is 1. The number of nitrogens with one attached hydrogen (secondary N) is 1. The van der Waals surface area contributed by atoms with Crippen LogP contribution < -0.4 is 5.32 Å². The van der Waals surface area contributed by atoms with Gasteiger partial charge in [-0.1, -0.05) is 27.5 Å². The molecule has 19 heavy (non-hydrogen) atoms. The minimum atomic E-state index is 0.328. The average Bonchev–Trinajstić information content (AvgIpc) is 2.32. The Hall–Kier alpha value is -1.17. The summed E-state index contributed by atoms with van der Waals surface area (Å²) in [4.78, 5) is 8.42. The fourth-order valence-electron chi connectivity index (χ4n) is 1.63. The van der Waals surface area contributed by atoms with E-state index in [1.807, 2.05) is 25.1 Å². The molecule has 1 aromatic heterocycles. The van der Waals surface area contributed by atoms with Crippen LogP contribution in [0.4, 0.5) is 11.5 Å². The van der Waals surface area contributed by atoms with Crippen molar-refractivity contribution < 1.29 is 4.74 Å². The predicted molar refractivity (Wildman–Crippen MR) is 79.9 cm³/mol. The van der Waals surface area contributed by atoms with Crippen molar-refractivity contribution in [2.45, 2.75) is 13.5 Å². The summed E-state index contributed by atoms with van der Waals surface area (Å²) in [7, 11) is 1.59. The van der Waals surface area contributed by atoms with Gasteiger partial charge in [-0.2, -0.15) is 0 Å². The highest BCUT2D eigenvalue weighted by atomic mass is 79.9. The first-order chi connectivity index (χ1) is 9.08. The highest BCUT2D eigenvalue weighted by Gasteiger charge is 2.05. The number of ether oxygens (including phenoxy) is 1. The third-order valence-corrected chi connectivity index (χ3v) is 3.15. The van der Waals surface area contributed by atoms with Crippen LogP contribution >= 0.6 is 27.5 Å². The molecule has 4 nitrogen and oxygen atoms in total. The molecule has 0 saturated heterocycles. The van der Waals surface area contributed by atoms with Gasteiger partial charge >= 0.3 is 0 Å². The summed E-state index contributed by atoms with van der Waals surface area (Å²) in [5, 5.41) is 3.62. The molecule has 0 bridgehead atoms. The van der Waals surface area contributed by atoms with Crippen LogP contribution in [-0.4, -0.2) is 17.1 Å². The molecular weight excluding hydrogens is 330 g/mol. The van der Waals surface area contributed by atoms with Crippen LogP contribution in [0, 0.1) is 6.92 Å². The van der Waals surface area contributed by atoms with Crippen molar-refractivity contribution in [1.82, 2.24) is 9.97 Å². The Labute approximate surface area is 125 Å². The number of aromatic nitrogens is 2. The Morgan fingerprint density at radius 2 is 2.11 bits per heavy atom. The van der Waals surface area contributed by atoms with Gasteiger partial charge < -0.3 is 10.1 Å². The van der Waals surface area contributed by atoms with Gasteiger partial charge in [0, 0.05) is 23.3 Å². The van der Waals surface area contributed by atoms with E-state index in [4.69, 9.17) is 16.3 Å². The van der Waals surface area contributed by atoms with Crippen molar-refractivity contribution in [1.29, 1.82) is 0 Å². The van der Waals surface area contributed by atoms with Gasteiger partial charge in [-0.25, -0.2) is 9.97 Å². The minimum Gasteiger partial charge on any atom is -0.377 e. The number of benzene rings is 1. The minimum absolute atomic E-state index is 0.328. The first-order valence-corrected chi connectivity index (χ1v) is 6.81. The Bertz CT molecular complexity index is 592. The van der Waals surface area contributed by atoms with Crippen molar-refractivity contribution in [2.24, 2.45) is 0 Å². The maximum atomic E-state index is 5.96. The SMILES string of the molecule is COCc1nc(Cl)cc(Nc2ccc(Br)cc2C)n1. The highest BCUT2D eigenvalue weighted by molar-refractivity contribution is 9.10. The molecular formula is C13H13BrClN3O. The topological polar surface area (TPSA) is 47.0 Å². The molecule has 0 fully saturated rings. The van der Waals surface area contributed by atoms with E-state index in [0.29, 0.717) is 23.4 Å². The first kappa shape index (κ1) is 14.2. The first-order valence-electron chi connectivity index (χ1n) is 5.64. The van der Waals surface area contributed by atoms with Gasteiger partial charge in [0.05, 0.1) is 0 Å². The lowest BCUT2D eigenvalue weighted by atomic mass is 10.2. The standard InChI is InChI=1S/C13H13BrClN3O/c1-8-5-9(14)3-4-10(8)16-12-6-11(15)17-13(18-12)7-19-2/h3-6H,7H2,1-2H3,(H,16,17,18). The largest absolute Gasteiger partial charge is 0.377 e. The van der Waals surface area contributed by atoms with Gasteiger partial charge in [-0.05, 0) is 30.7 Å². The Kier molecular flexibility index (Phi) is 4.74. The van der Waals surface area contributed by atoms with Crippen LogP contribution in [0.2, 0.25) is 5.15 Å². The lowest BCUT2D eigenvalue weighted by molar-refractivity contribution is 0.178. The van der Waals surface area contributed by atoms with Crippen LogP contribution in [0.5, 0.6) is 0 Å². The van der Waals surface area contributed by atoms with E-state index in [0.717, 1.165) is 15.7 Å². The molecule has 2 aromatic rings. The Balaban J connectivity index is 2.27. The zero-order valence-corrected chi connectivity index (χ0v) is 12.9. The molecule has 1 N–H and O–H groups in total. The second-order valence-electron chi connectivity index (χ2n) is 4.01. The van der Waals surface area contributed by atoms with E-state index >= 15 is 0 Å². The second kappa shape index (κ2) is 6.32. The third-order valence-electron chi connectivity index (χ3n) is 2.47. The summed E-state index contributed by atoms with van der Waals surface area (Å²) in [5.74, 6) is 1.20. The summed E-state index contributed by atoms with van der Waals surface area (Å²) in [6.45, 7) is 2.35. The van der Waals surface area contributed by atoms with E-state index in [1.165, 1.54) is 0 Å². The van der Waals surface area contributed by atoms with Crippen molar-refractivity contribution >= 4 is 39.0 Å². The van der Waals surface area contributed by atoms with E-state index < -0.39 is 0 Å². The number of rotatable bonds is 4. The molecule has 2 rings (SSSR count). The Morgan fingerprint density at radius 3 is 2.79 bits per heavy atom. The molecule has 0 aliphatic carbocycles. The smallest absolute Gasteiger partial charge is 0.158 e. The van der Waals surface area contributed by atoms with Crippen LogP contribution in [0.25, 0.3) is 0 Å². The fourth-order valence-corrected chi connectivity index (χ4v) is 2.30. The summed E-state index contributed by atoms with van der Waals surface area (Å²) in [6.07, 6.45) is 0. The van der Waals surface area contributed by atoms with E-state index in [-0.39, 0.29) is 0 Å². The molecule has 0 saturated carbocycles. The van der Waals surface area contributed by atoms with Gasteiger partial charge in [0.15, 0.2) is 5.82 Å². The summed E-state index contributed by atoms with van der Waals surface area (Å²) in [5.41, 5.74) is 2.08. The summed E-state index contributed by atoms with van der Waals surface area (Å²) in [6, 6.07) is 7.66. The molecule has 0 unspecified atom stereocenters. The number of aryl methyl sites for hydroxylation is 1. The van der Waals surface area contributed by atoms with Crippen molar-refractivity contribution in [3.63, 3.8) is 0 Å². The maximum absolute atomic E-state index is 5.96. The molecule has 0 amide bonds. The number of hydrogen-bond acceptors (Lipinski definition) is 4.